The molecule has 0 spiro atoms. The number of nitrogens with one attached hydrogen (secondary N) is 1. The molecule has 1 aromatic heterocycles. The molecule has 1 heterocycles. The van der Waals surface area contributed by atoms with E-state index in [0.29, 0.717) is 10.6 Å². The first kappa shape index (κ1) is 14.0. The lowest BCUT2D eigenvalue weighted by atomic mass is 10.2. The number of carbonyl (C=O) groups excluding carboxylic acids is 1. The molecular weight excluding hydrogens is 288 g/mol. The van der Waals surface area contributed by atoms with Crippen LogP contribution < -0.4 is 5.32 Å². The van der Waals surface area contributed by atoms with E-state index in [1.807, 2.05) is 34.7 Å². The smallest absolute Gasteiger partial charge is 0.408 e. The van der Waals surface area contributed by atoms with Gasteiger partial charge in [0.25, 0.3) is 0 Å². The number of carbonyl (C=O) groups is 1. The van der Waals surface area contributed by atoms with Crippen LogP contribution in [0.5, 0.6) is 0 Å². The van der Waals surface area contributed by atoms with Crippen LogP contribution in [0.25, 0.3) is 0 Å². The first-order valence-electron chi connectivity index (χ1n) is 5.25. The van der Waals surface area contributed by atoms with E-state index in [1.54, 1.807) is 4.57 Å². The van der Waals surface area contributed by atoms with E-state index in [-0.39, 0.29) is 6.04 Å². The first-order chi connectivity index (χ1) is 7.70. The van der Waals surface area contributed by atoms with Crippen molar-refractivity contribution in [3.8, 4) is 0 Å². The summed E-state index contributed by atoms with van der Waals surface area (Å²) in [6, 6.07) is -0.270. The maximum Gasteiger partial charge on any atom is 0.408 e. The number of nitrogens with zero attached hydrogens (tertiary/aromatic N) is 3. The highest BCUT2D eigenvalue weighted by Crippen LogP contribution is 2.14. The lowest BCUT2D eigenvalue weighted by Gasteiger charge is -2.21. The fraction of sp³-hybridized carbons (Fsp3) is 0.700. The Balaban J connectivity index is 2.64. The van der Waals surface area contributed by atoms with Gasteiger partial charge in [-0.3, -0.25) is 0 Å². The fourth-order valence-electron chi connectivity index (χ4n) is 1.25. The summed E-state index contributed by atoms with van der Waals surface area (Å²) in [6.07, 6.45) is -0.468. The van der Waals surface area contributed by atoms with E-state index in [2.05, 4.69) is 31.4 Å². The maximum absolute atomic E-state index is 11.6. The monoisotopic (exact) mass is 304 g/mol. The van der Waals surface area contributed by atoms with Gasteiger partial charge < -0.3 is 14.6 Å². The van der Waals surface area contributed by atoms with Crippen molar-refractivity contribution in [1.82, 2.24) is 20.1 Å². The average molecular weight is 305 g/mol. The van der Waals surface area contributed by atoms with Crippen LogP contribution in [0.4, 0.5) is 4.79 Å². The molecule has 0 aliphatic carbocycles. The van der Waals surface area contributed by atoms with Crippen molar-refractivity contribution in [3.05, 3.63) is 10.6 Å². The van der Waals surface area contributed by atoms with Crippen LogP contribution in [0, 0.1) is 0 Å². The Kier molecular flexibility index (Phi) is 4.13. The molecule has 0 aliphatic rings. The highest BCUT2D eigenvalue weighted by atomic mass is 79.9. The third-order valence-electron chi connectivity index (χ3n) is 1.98. The summed E-state index contributed by atoms with van der Waals surface area (Å²) in [7, 11) is 1.81. The molecule has 1 rings (SSSR count). The van der Waals surface area contributed by atoms with Crippen molar-refractivity contribution < 1.29 is 9.53 Å². The summed E-state index contributed by atoms with van der Waals surface area (Å²) in [6.45, 7) is 7.27. The SMILES string of the molecule is C[C@H](NC(=O)OC(C)(C)C)c1nnc(Br)n1C. The Labute approximate surface area is 109 Å². The Morgan fingerprint density at radius 2 is 2.06 bits per heavy atom. The highest BCUT2D eigenvalue weighted by molar-refractivity contribution is 9.10. The number of aromatic nitrogens is 3. The van der Waals surface area contributed by atoms with Gasteiger partial charge in [0.05, 0.1) is 6.04 Å². The number of hydrogen-bond donors (Lipinski definition) is 1. The van der Waals surface area contributed by atoms with Gasteiger partial charge in [-0.15, -0.1) is 10.2 Å². The molecule has 0 fully saturated rings. The normalized spacial score (nSPS) is 13.3. The van der Waals surface area contributed by atoms with Gasteiger partial charge in [-0.05, 0) is 43.6 Å². The summed E-state index contributed by atoms with van der Waals surface area (Å²) in [5.74, 6) is 0.655. The van der Waals surface area contributed by atoms with Crippen LogP contribution in [0.3, 0.4) is 0 Å². The lowest BCUT2D eigenvalue weighted by molar-refractivity contribution is 0.0505. The second kappa shape index (κ2) is 5.03. The molecule has 0 saturated carbocycles. The van der Waals surface area contributed by atoms with Gasteiger partial charge in [0, 0.05) is 7.05 Å². The predicted molar refractivity (Wildman–Crippen MR) is 66.5 cm³/mol. The molecule has 1 N–H and O–H groups in total. The van der Waals surface area contributed by atoms with E-state index in [4.69, 9.17) is 4.74 Å². The Bertz CT molecular complexity index is 411. The molecule has 17 heavy (non-hydrogen) atoms. The molecular formula is C10H17BrN4O2. The van der Waals surface area contributed by atoms with Crippen LogP contribution >= 0.6 is 15.9 Å². The van der Waals surface area contributed by atoms with E-state index >= 15 is 0 Å². The third kappa shape index (κ3) is 3.99. The minimum Gasteiger partial charge on any atom is -0.444 e. The number of ether oxygens (including phenoxy) is 1. The minimum atomic E-state index is -0.510. The lowest BCUT2D eigenvalue weighted by Crippen LogP contribution is -2.34. The van der Waals surface area contributed by atoms with Crippen LogP contribution in [0.1, 0.15) is 39.6 Å². The molecule has 0 unspecified atom stereocenters. The zero-order valence-electron chi connectivity index (χ0n) is 10.6. The summed E-state index contributed by atoms with van der Waals surface area (Å²) in [5, 5.41) is 10.5. The molecule has 0 bridgehead atoms. The van der Waals surface area contributed by atoms with Gasteiger partial charge in [0.15, 0.2) is 10.6 Å². The van der Waals surface area contributed by atoms with Crippen LogP contribution in [-0.4, -0.2) is 26.5 Å². The van der Waals surface area contributed by atoms with Crippen molar-refractivity contribution in [2.24, 2.45) is 7.05 Å². The largest absolute Gasteiger partial charge is 0.444 e. The molecule has 7 heteroatoms. The van der Waals surface area contributed by atoms with Crippen molar-refractivity contribution in [2.75, 3.05) is 0 Å². The van der Waals surface area contributed by atoms with Gasteiger partial charge in [0.1, 0.15) is 5.60 Å². The first-order valence-corrected chi connectivity index (χ1v) is 6.04. The molecule has 0 radical (unpaired) electrons. The van der Waals surface area contributed by atoms with Crippen LogP contribution in [0.15, 0.2) is 4.73 Å². The van der Waals surface area contributed by atoms with Crippen molar-refractivity contribution in [2.45, 2.75) is 39.3 Å². The van der Waals surface area contributed by atoms with Crippen molar-refractivity contribution >= 4 is 22.0 Å². The van der Waals surface area contributed by atoms with Crippen LogP contribution in [-0.2, 0) is 11.8 Å². The van der Waals surface area contributed by atoms with E-state index < -0.39 is 11.7 Å². The van der Waals surface area contributed by atoms with Gasteiger partial charge in [-0.2, -0.15) is 0 Å². The van der Waals surface area contributed by atoms with Gasteiger partial charge in [-0.1, -0.05) is 0 Å². The molecule has 96 valence electrons. The fourth-order valence-corrected chi connectivity index (χ4v) is 1.51. The van der Waals surface area contributed by atoms with Gasteiger partial charge >= 0.3 is 6.09 Å². The van der Waals surface area contributed by atoms with Crippen molar-refractivity contribution in [3.63, 3.8) is 0 Å². The number of rotatable bonds is 2. The minimum absolute atomic E-state index is 0.270. The summed E-state index contributed by atoms with van der Waals surface area (Å²) < 4.78 is 7.53. The number of hydrogen-bond acceptors (Lipinski definition) is 4. The zero-order valence-corrected chi connectivity index (χ0v) is 12.2. The van der Waals surface area contributed by atoms with Gasteiger partial charge in [0.2, 0.25) is 0 Å². The van der Waals surface area contributed by atoms with Crippen molar-refractivity contribution in [1.29, 1.82) is 0 Å². The summed E-state index contributed by atoms with van der Waals surface area (Å²) in [5.41, 5.74) is -0.510. The topological polar surface area (TPSA) is 69.0 Å². The number of amides is 1. The number of halogens is 1. The second-order valence-corrected chi connectivity index (χ2v) is 5.46. The average Bonchev–Trinajstić information content (AvgIpc) is 2.44. The Morgan fingerprint density at radius 3 is 2.47 bits per heavy atom. The molecule has 0 saturated heterocycles. The summed E-state index contributed by atoms with van der Waals surface area (Å²) in [4.78, 5) is 11.6. The quantitative estimate of drug-likeness (QED) is 0.909. The van der Waals surface area contributed by atoms with E-state index in [0.717, 1.165) is 0 Å². The molecule has 6 nitrogen and oxygen atoms in total. The highest BCUT2D eigenvalue weighted by Gasteiger charge is 2.20. The molecule has 1 amide bonds. The van der Waals surface area contributed by atoms with E-state index in [9.17, 15) is 4.79 Å². The number of alkyl carbamates (subject to hydrolysis) is 1. The molecule has 0 aliphatic heterocycles. The van der Waals surface area contributed by atoms with Gasteiger partial charge in [-0.25, -0.2) is 4.79 Å². The molecule has 1 aromatic rings. The Hall–Kier alpha value is -1.11. The predicted octanol–water partition coefficient (Wildman–Crippen LogP) is 2.16. The second-order valence-electron chi connectivity index (χ2n) is 4.75. The van der Waals surface area contributed by atoms with E-state index in [1.165, 1.54) is 0 Å². The maximum atomic E-state index is 11.6. The summed E-state index contributed by atoms with van der Waals surface area (Å²) >= 11 is 3.24. The van der Waals surface area contributed by atoms with Crippen LogP contribution in [0.2, 0.25) is 0 Å². The molecule has 1 atom stereocenters. The zero-order chi connectivity index (χ0) is 13.2. The standard InChI is InChI=1S/C10H17BrN4O2/c1-6(7-13-14-8(11)15(7)5)12-9(16)17-10(2,3)4/h6H,1-5H3,(H,12,16)/t6-/m0/s1. The molecule has 0 aromatic carbocycles. The third-order valence-corrected chi connectivity index (χ3v) is 2.67. The Morgan fingerprint density at radius 1 is 1.47 bits per heavy atom.